The van der Waals surface area contributed by atoms with Crippen LogP contribution in [0.2, 0.25) is 0 Å². The Labute approximate surface area is 190 Å². The van der Waals surface area contributed by atoms with Crippen LogP contribution in [-0.2, 0) is 0 Å². The second-order valence-corrected chi connectivity index (χ2v) is 8.00. The zero-order chi connectivity index (χ0) is 18.2. The first-order chi connectivity index (χ1) is 12.7. The Bertz CT molecular complexity index is 688. The SMILES string of the molecule is CN=C(NCCOc1ccc(Br)cc1)NC1CCN(c2cccs2)CC1.I. The zero-order valence-corrected chi connectivity index (χ0v) is 20.1. The van der Waals surface area contributed by atoms with E-state index in [1.807, 2.05) is 42.6 Å². The van der Waals surface area contributed by atoms with Crippen molar-refractivity contribution in [1.82, 2.24) is 10.6 Å². The molecule has 0 spiro atoms. The number of ether oxygens (including phenoxy) is 1. The molecular weight excluding hydrogens is 539 g/mol. The van der Waals surface area contributed by atoms with Crippen molar-refractivity contribution in [3.05, 3.63) is 46.3 Å². The van der Waals surface area contributed by atoms with Gasteiger partial charge in [-0.2, -0.15) is 0 Å². The highest BCUT2D eigenvalue weighted by atomic mass is 127. The van der Waals surface area contributed by atoms with Crippen LogP contribution in [0.1, 0.15) is 12.8 Å². The summed E-state index contributed by atoms with van der Waals surface area (Å²) < 4.78 is 6.78. The fraction of sp³-hybridized carbons (Fsp3) is 0.421. The third-order valence-corrected chi connectivity index (χ3v) is 5.81. The van der Waals surface area contributed by atoms with E-state index in [4.69, 9.17) is 4.74 Å². The molecule has 0 saturated carbocycles. The summed E-state index contributed by atoms with van der Waals surface area (Å²) in [6.45, 7) is 3.48. The van der Waals surface area contributed by atoms with E-state index in [1.54, 1.807) is 0 Å². The first-order valence-electron chi connectivity index (χ1n) is 8.88. The molecule has 1 aliphatic heterocycles. The number of thiophene rings is 1. The van der Waals surface area contributed by atoms with Gasteiger partial charge < -0.3 is 20.3 Å². The lowest BCUT2D eigenvalue weighted by molar-refractivity contribution is 0.321. The van der Waals surface area contributed by atoms with Gasteiger partial charge in [0.15, 0.2) is 5.96 Å². The van der Waals surface area contributed by atoms with Crippen molar-refractivity contribution in [2.45, 2.75) is 18.9 Å². The normalized spacial score (nSPS) is 15.2. The second-order valence-electron chi connectivity index (χ2n) is 6.16. The Balaban J connectivity index is 0.00000261. The first-order valence-corrected chi connectivity index (χ1v) is 10.6. The predicted molar refractivity (Wildman–Crippen MR) is 129 cm³/mol. The number of anilines is 1. The second kappa shape index (κ2) is 11.8. The maximum absolute atomic E-state index is 5.73. The number of rotatable bonds is 6. The molecule has 8 heteroatoms. The average Bonchev–Trinajstić information content (AvgIpc) is 3.21. The number of nitrogens with zero attached hydrogens (tertiary/aromatic N) is 2. The monoisotopic (exact) mass is 564 g/mol. The number of hydrogen-bond donors (Lipinski definition) is 2. The summed E-state index contributed by atoms with van der Waals surface area (Å²) in [5.74, 6) is 1.72. The van der Waals surface area contributed by atoms with Gasteiger partial charge in [0, 0.05) is 30.7 Å². The summed E-state index contributed by atoms with van der Waals surface area (Å²) >= 11 is 5.24. The lowest BCUT2D eigenvalue weighted by Crippen LogP contribution is -2.49. The van der Waals surface area contributed by atoms with Crippen LogP contribution < -0.4 is 20.3 Å². The number of halogens is 2. The molecule has 2 aromatic rings. The molecule has 5 nitrogen and oxygen atoms in total. The number of nitrogens with one attached hydrogen (secondary N) is 2. The van der Waals surface area contributed by atoms with Crippen LogP contribution >= 0.6 is 51.2 Å². The zero-order valence-electron chi connectivity index (χ0n) is 15.4. The van der Waals surface area contributed by atoms with E-state index in [0.29, 0.717) is 19.2 Å². The van der Waals surface area contributed by atoms with Crippen molar-refractivity contribution in [2.75, 3.05) is 38.2 Å². The van der Waals surface area contributed by atoms with Gasteiger partial charge in [-0.05, 0) is 54.6 Å². The summed E-state index contributed by atoms with van der Waals surface area (Å²) in [6.07, 6.45) is 2.24. The van der Waals surface area contributed by atoms with Gasteiger partial charge in [-0.25, -0.2) is 0 Å². The van der Waals surface area contributed by atoms with E-state index in [9.17, 15) is 0 Å². The van der Waals surface area contributed by atoms with Gasteiger partial charge in [0.25, 0.3) is 0 Å². The van der Waals surface area contributed by atoms with Gasteiger partial charge in [-0.3, -0.25) is 4.99 Å². The summed E-state index contributed by atoms with van der Waals surface area (Å²) in [5, 5.41) is 10.4. The molecule has 1 aromatic heterocycles. The molecule has 1 fully saturated rings. The lowest BCUT2D eigenvalue weighted by atomic mass is 10.1. The van der Waals surface area contributed by atoms with E-state index in [2.05, 4.69) is 54.0 Å². The molecule has 27 heavy (non-hydrogen) atoms. The van der Waals surface area contributed by atoms with Crippen LogP contribution in [0.25, 0.3) is 0 Å². The number of aliphatic imine (C=N–C) groups is 1. The average molecular weight is 565 g/mol. The molecule has 0 atom stereocenters. The predicted octanol–water partition coefficient (Wildman–Crippen LogP) is 4.34. The van der Waals surface area contributed by atoms with Crippen molar-refractivity contribution in [1.29, 1.82) is 0 Å². The summed E-state index contributed by atoms with van der Waals surface area (Å²) in [4.78, 5) is 6.79. The fourth-order valence-corrected chi connectivity index (χ4v) is 4.00. The first kappa shape index (κ1) is 22.3. The van der Waals surface area contributed by atoms with Crippen LogP contribution in [0.4, 0.5) is 5.00 Å². The molecule has 1 aliphatic rings. The standard InChI is InChI=1S/C19H25BrN4OS.HI/c1-21-19(22-10-13-25-17-6-4-15(20)5-7-17)23-16-8-11-24(12-9-16)18-3-2-14-26-18;/h2-7,14,16H,8-13H2,1H3,(H2,21,22,23);1H. The largest absolute Gasteiger partial charge is 0.492 e. The molecule has 0 bridgehead atoms. The Morgan fingerprint density at radius 3 is 2.63 bits per heavy atom. The van der Waals surface area contributed by atoms with Gasteiger partial charge in [-0.15, -0.1) is 35.3 Å². The molecule has 1 saturated heterocycles. The Morgan fingerprint density at radius 2 is 2.00 bits per heavy atom. The molecule has 0 radical (unpaired) electrons. The van der Waals surface area contributed by atoms with Gasteiger partial charge in [0.2, 0.25) is 0 Å². The minimum absolute atomic E-state index is 0. The van der Waals surface area contributed by atoms with Gasteiger partial charge in [-0.1, -0.05) is 15.9 Å². The molecule has 0 aliphatic carbocycles. The lowest BCUT2D eigenvalue weighted by Gasteiger charge is -2.33. The van der Waals surface area contributed by atoms with Crippen molar-refractivity contribution in [3.63, 3.8) is 0 Å². The van der Waals surface area contributed by atoms with Crippen molar-refractivity contribution >= 4 is 62.2 Å². The van der Waals surface area contributed by atoms with Crippen LogP contribution in [0.15, 0.2) is 51.2 Å². The van der Waals surface area contributed by atoms with Crippen LogP contribution in [-0.4, -0.2) is 45.3 Å². The highest BCUT2D eigenvalue weighted by Crippen LogP contribution is 2.24. The van der Waals surface area contributed by atoms with E-state index < -0.39 is 0 Å². The molecule has 2 N–H and O–H groups in total. The summed E-state index contributed by atoms with van der Waals surface area (Å²) in [5.41, 5.74) is 0. The number of benzene rings is 1. The number of guanidine groups is 1. The highest BCUT2D eigenvalue weighted by molar-refractivity contribution is 14.0. The Kier molecular flexibility index (Phi) is 9.70. The molecule has 1 aromatic carbocycles. The van der Waals surface area contributed by atoms with E-state index in [0.717, 1.165) is 42.1 Å². The van der Waals surface area contributed by atoms with Crippen LogP contribution in [0.3, 0.4) is 0 Å². The molecule has 2 heterocycles. The maximum Gasteiger partial charge on any atom is 0.191 e. The minimum atomic E-state index is 0. The van der Waals surface area contributed by atoms with Crippen molar-refractivity contribution in [3.8, 4) is 5.75 Å². The van der Waals surface area contributed by atoms with Crippen LogP contribution in [0.5, 0.6) is 5.75 Å². The Hall–Kier alpha value is -1.000. The van der Waals surface area contributed by atoms with Crippen molar-refractivity contribution < 1.29 is 4.74 Å². The van der Waals surface area contributed by atoms with E-state index >= 15 is 0 Å². The Morgan fingerprint density at radius 1 is 1.26 bits per heavy atom. The molecule has 3 rings (SSSR count). The minimum Gasteiger partial charge on any atom is -0.492 e. The third kappa shape index (κ3) is 7.15. The topological polar surface area (TPSA) is 48.9 Å². The van der Waals surface area contributed by atoms with Crippen LogP contribution in [0, 0.1) is 0 Å². The van der Waals surface area contributed by atoms with E-state index in [1.165, 1.54) is 5.00 Å². The van der Waals surface area contributed by atoms with Gasteiger partial charge in [0.1, 0.15) is 12.4 Å². The van der Waals surface area contributed by atoms with Gasteiger partial charge in [0.05, 0.1) is 11.5 Å². The molecular formula is C19H26BrIN4OS. The van der Waals surface area contributed by atoms with E-state index in [-0.39, 0.29) is 24.0 Å². The maximum atomic E-state index is 5.73. The smallest absolute Gasteiger partial charge is 0.191 e. The number of piperidine rings is 1. The summed E-state index contributed by atoms with van der Waals surface area (Å²) in [6, 6.07) is 12.6. The molecule has 0 amide bonds. The third-order valence-electron chi connectivity index (χ3n) is 4.35. The molecule has 0 unspecified atom stereocenters. The fourth-order valence-electron chi connectivity index (χ4n) is 2.95. The highest BCUT2D eigenvalue weighted by Gasteiger charge is 2.20. The van der Waals surface area contributed by atoms with Gasteiger partial charge >= 0.3 is 0 Å². The number of hydrogen-bond acceptors (Lipinski definition) is 4. The summed E-state index contributed by atoms with van der Waals surface area (Å²) in [7, 11) is 1.81. The molecule has 148 valence electrons. The quantitative estimate of drug-likeness (QED) is 0.237. The van der Waals surface area contributed by atoms with Crippen molar-refractivity contribution in [2.24, 2.45) is 4.99 Å².